The Labute approximate surface area is 105 Å². The number of hydrogen-bond acceptors (Lipinski definition) is 4. The van der Waals surface area contributed by atoms with Crippen molar-refractivity contribution in [2.75, 3.05) is 0 Å². The van der Waals surface area contributed by atoms with Gasteiger partial charge in [-0.1, -0.05) is 35.5 Å². The van der Waals surface area contributed by atoms with Crippen LogP contribution in [0.3, 0.4) is 0 Å². The summed E-state index contributed by atoms with van der Waals surface area (Å²) in [5.74, 6) is 0.583. The highest BCUT2D eigenvalue weighted by atomic mass is 16.6. The summed E-state index contributed by atoms with van der Waals surface area (Å²) < 4.78 is 1.72. The van der Waals surface area contributed by atoms with Crippen LogP contribution < -0.4 is 0 Å². The van der Waals surface area contributed by atoms with Crippen molar-refractivity contribution in [3.05, 3.63) is 53.6 Å². The minimum atomic E-state index is 0.363. The maximum Gasteiger partial charge on any atom is 0.159 e. The molecule has 0 aliphatic heterocycles. The highest BCUT2D eigenvalue weighted by molar-refractivity contribution is 5.74. The highest BCUT2D eigenvalue weighted by Gasteiger charge is 2.01. The van der Waals surface area contributed by atoms with Crippen LogP contribution >= 0.6 is 0 Å². The Morgan fingerprint density at radius 2 is 2.22 bits per heavy atom. The molecule has 0 aliphatic rings. The first-order valence-corrected chi connectivity index (χ1v) is 5.42. The molecule has 2 aromatic rings. The number of nitrogens with zero attached hydrogens (tertiary/aromatic N) is 4. The van der Waals surface area contributed by atoms with E-state index in [9.17, 15) is 0 Å². The molecular weight excluding hydrogens is 228 g/mol. The van der Waals surface area contributed by atoms with E-state index in [-0.39, 0.29) is 0 Å². The van der Waals surface area contributed by atoms with E-state index < -0.39 is 0 Å². The van der Waals surface area contributed by atoms with E-state index in [2.05, 4.69) is 10.1 Å². The van der Waals surface area contributed by atoms with E-state index in [1.54, 1.807) is 17.8 Å². The minimum absolute atomic E-state index is 0.363. The fourth-order valence-corrected chi connectivity index (χ4v) is 1.42. The lowest BCUT2D eigenvalue weighted by atomic mass is 10.2. The summed E-state index contributed by atoms with van der Waals surface area (Å²) in [5.41, 5.74) is 1.41. The summed E-state index contributed by atoms with van der Waals surface area (Å²) in [5, 5.41) is 12.5. The maximum atomic E-state index is 8.69. The van der Waals surface area contributed by atoms with Gasteiger partial charge >= 0.3 is 0 Å². The van der Waals surface area contributed by atoms with Crippen molar-refractivity contribution in [3.63, 3.8) is 0 Å². The third-order valence-corrected chi connectivity index (χ3v) is 2.34. The molecule has 0 atom stereocenters. The normalized spacial score (nSPS) is 10.4. The summed E-state index contributed by atoms with van der Waals surface area (Å²) >= 11 is 0. The summed E-state index contributed by atoms with van der Waals surface area (Å²) in [6.07, 6.45) is 3.13. The Hall–Kier alpha value is -2.61. The molecule has 18 heavy (non-hydrogen) atoms. The average Bonchev–Trinajstić information content (AvgIpc) is 2.77. The standard InChI is InChI=1S/C13H12N4O/c1-17-9-12(7-14)16-13(17)8-15-18-10-11-5-3-2-4-6-11/h2-6,8-9H,10H2,1H3. The van der Waals surface area contributed by atoms with Gasteiger partial charge in [-0.25, -0.2) is 4.98 Å². The largest absolute Gasteiger partial charge is 0.391 e. The van der Waals surface area contributed by atoms with Crippen molar-refractivity contribution < 1.29 is 4.84 Å². The minimum Gasteiger partial charge on any atom is -0.391 e. The molecule has 1 heterocycles. The molecule has 90 valence electrons. The van der Waals surface area contributed by atoms with Gasteiger partial charge in [-0.2, -0.15) is 5.26 Å². The van der Waals surface area contributed by atoms with Crippen LogP contribution in [0.15, 0.2) is 41.7 Å². The van der Waals surface area contributed by atoms with Crippen molar-refractivity contribution in [2.45, 2.75) is 6.61 Å². The number of hydrogen-bond donors (Lipinski definition) is 0. The maximum absolute atomic E-state index is 8.69. The lowest BCUT2D eigenvalue weighted by Gasteiger charge is -1.98. The van der Waals surface area contributed by atoms with Gasteiger partial charge in [-0.3, -0.25) is 0 Å². The Balaban J connectivity index is 1.92. The van der Waals surface area contributed by atoms with Gasteiger partial charge in [-0.05, 0) is 5.56 Å². The van der Waals surface area contributed by atoms with Gasteiger partial charge in [0.1, 0.15) is 18.9 Å². The molecule has 0 saturated carbocycles. The fourth-order valence-electron chi connectivity index (χ4n) is 1.42. The molecule has 5 nitrogen and oxygen atoms in total. The quantitative estimate of drug-likeness (QED) is 0.605. The number of nitriles is 1. The first-order valence-electron chi connectivity index (χ1n) is 5.42. The number of imidazole rings is 1. The Morgan fingerprint density at radius 3 is 2.89 bits per heavy atom. The van der Waals surface area contributed by atoms with E-state index in [1.165, 1.54) is 6.21 Å². The summed E-state index contributed by atoms with van der Waals surface area (Å²) in [4.78, 5) is 9.20. The Morgan fingerprint density at radius 1 is 1.44 bits per heavy atom. The summed E-state index contributed by atoms with van der Waals surface area (Å²) in [7, 11) is 1.80. The smallest absolute Gasteiger partial charge is 0.159 e. The zero-order valence-corrected chi connectivity index (χ0v) is 9.95. The van der Waals surface area contributed by atoms with Gasteiger partial charge < -0.3 is 9.40 Å². The van der Waals surface area contributed by atoms with Gasteiger partial charge in [0.05, 0.1) is 0 Å². The fraction of sp³-hybridized carbons (Fsp3) is 0.154. The molecular formula is C13H12N4O. The number of rotatable bonds is 4. The number of aromatic nitrogens is 2. The van der Waals surface area contributed by atoms with Crippen LogP contribution in [-0.4, -0.2) is 15.8 Å². The number of oxime groups is 1. The van der Waals surface area contributed by atoms with Crippen molar-refractivity contribution in [2.24, 2.45) is 12.2 Å². The second-order valence-corrected chi connectivity index (χ2v) is 3.70. The van der Waals surface area contributed by atoms with Crippen LogP contribution in [0.25, 0.3) is 0 Å². The first kappa shape index (κ1) is 11.9. The third-order valence-electron chi connectivity index (χ3n) is 2.34. The van der Waals surface area contributed by atoms with Crippen molar-refractivity contribution in [1.29, 1.82) is 5.26 Å². The Bertz CT molecular complexity index is 581. The SMILES string of the molecule is Cn1cc(C#N)nc1C=NOCc1ccccc1. The molecule has 0 bridgehead atoms. The highest BCUT2D eigenvalue weighted by Crippen LogP contribution is 2.01. The van der Waals surface area contributed by atoms with Crippen LogP contribution in [0.1, 0.15) is 17.1 Å². The average molecular weight is 240 g/mol. The molecule has 0 fully saturated rings. The molecule has 0 N–H and O–H groups in total. The zero-order chi connectivity index (χ0) is 12.8. The zero-order valence-electron chi connectivity index (χ0n) is 9.95. The van der Waals surface area contributed by atoms with Crippen LogP contribution in [0, 0.1) is 11.3 Å². The van der Waals surface area contributed by atoms with E-state index in [0.29, 0.717) is 18.1 Å². The van der Waals surface area contributed by atoms with Gasteiger partial charge in [0.2, 0.25) is 0 Å². The number of benzene rings is 1. The molecule has 1 aromatic heterocycles. The van der Waals surface area contributed by atoms with Crippen molar-refractivity contribution in [1.82, 2.24) is 9.55 Å². The molecule has 0 aliphatic carbocycles. The number of aryl methyl sites for hydroxylation is 1. The predicted molar refractivity (Wildman–Crippen MR) is 66.7 cm³/mol. The van der Waals surface area contributed by atoms with Gasteiger partial charge in [0, 0.05) is 13.2 Å². The monoisotopic (exact) mass is 240 g/mol. The second-order valence-electron chi connectivity index (χ2n) is 3.70. The second kappa shape index (κ2) is 5.64. The molecule has 5 heteroatoms. The topological polar surface area (TPSA) is 63.2 Å². The Kier molecular flexibility index (Phi) is 3.72. The van der Waals surface area contributed by atoms with Gasteiger partial charge in [0.25, 0.3) is 0 Å². The van der Waals surface area contributed by atoms with Crippen LogP contribution in [0.2, 0.25) is 0 Å². The third kappa shape index (κ3) is 2.95. The van der Waals surface area contributed by atoms with E-state index in [1.807, 2.05) is 36.4 Å². The van der Waals surface area contributed by atoms with E-state index in [4.69, 9.17) is 10.1 Å². The van der Waals surface area contributed by atoms with E-state index in [0.717, 1.165) is 5.56 Å². The molecule has 0 amide bonds. The molecule has 2 rings (SSSR count). The van der Waals surface area contributed by atoms with Crippen LogP contribution in [0.4, 0.5) is 0 Å². The van der Waals surface area contributed by atoms with Crippen molar-refractivity contribution in [3.8, 4) is 6.07 Å². The molecule has 0 radical (unpaired) electrons. The summed E-state index contributed by atoms with van der Waals surface area (Å²) in [6, 6.07) is 11.7. The van der Waals surface area contributed by atoms with Crippen LogP contribution in [0.5, 0.6) is 0 Å². The van der Waals surface area contributed by atoms with Crippen LogP contribution in [-0.2, 0) is 18.5 Å². The molecule has 0 unspecified atom stereocenters. The molecule has 0 spiro atoms. The summed E-state index contributed by atoms with van der Waals surface area (Å²) in [6.45, 7) is 0.410. The van der Waals surface area contributed by atoms with Crippen molar-refractivity contribution >= 4 is 6.21 Å². The lowest BCUT2D eigenvalue weighted by Crippen LogP contribution is -1.96. The lowest BCUT2D eigenvalue weighted by molar-refractivity contribution is 0.132. The van der Waals surface area contributed by atoms with Gasteiger partial charge in [-0.15, -0.1) is 0 Å². The van der Waals surface area contributed by atoms with Gasteiger partial charge in [0.15, 0.2) is 11.5 Å². The molecule has 1 aromatic carbocycles. The predicted octanol–water partition coefficient (Wildman–Crippen LogP) is 1.84. The molecule has 0 saturated heterocycles. The first-order chi connectivity index (χ1) is 8.79. The van der Waals surface area contributed by atoms with E-state index >= 15 is 0 Å².